The van der Waals surface area contributed by atoms with Crippen molar-refractivity contribution in [1.29, 1.82) is 0 Å². The number of anilines is 2. The summed E-state index contributed by atoms with van der Waals surface area (Å²) < 4.78 is 0. The number of hydrogen-bond acceptors (Lipinski definition) is 3. The molecule has 7 heteroatoms. The van der Waals surface area contributed by atoms with Crippen LogP contribution in [0.5, 0.6) is 0 Å². The van der Waals surface area contributed by atoms with Crippen molar-refractivity contribution in [2.75, 3.05) is 10.6 Å². The van der Waals surface area contributed by atoms with Crippen LogP contribution in [-0.2, 0) is 4.79 Å². The molecule has 0 aliphatic rings. The Balaban J connectivity index is 2.23. The number of carbonyl (C=O) groups is 2. The molecule has 0 saturated heterocycles. The molecule has 2 amide bonds. The van der Waals surface area contributed by atoms with Crippen LogP contribution in [0.15, 0.2) is 29.1 Å². The molecule has 0 spiro atoms. The number of carbonyl (C=O) groups excluding carboxylic acids is 2. The number of aryl methyl sites for hydroxylation is 1. The lowest BCUT2D eigenvalue weighted by molar-refractivity contribution is -0.114. The van der Waals surface area contributed by atoms with Crippen molar-refractivity contribution in [1.82, 2.24) is 10.2 Å². The number of nitrogens with one attached hydrogen (secondary N) is 4. The van der Waals surface area contributed by atoms with E-state index >= 15 is 0 Å². The quantitative estimate of drug-likeness (QED) is 0.676. The van der Waals surface area contributed by atoms with E-state index in [1.165, 1.54) is 6.92 Å². The third-order valence-corrected chi connectivity index (χ3v) is 2.63. The van der Waals surface area contributed by atoms with E-state index < -0.39 is 11.5 Å². The standard InChI is InChI=1S/C13H14N4O3/c1-7-3-5-9(6-4-7)12(19)15-10-11(14-8(2)18)16-17-13(10)20/h3-6H,1-2H3,(H,15,19)(H3,14,16,17,18,20). The van der Waals surface area contributed by atoms with Crippen LogP contribution < -0.4 is 16.2 Å². The highest BCUT2D eigenvalue weighted by Crippen LogP contribution is 2.14. The molecule has 0 aliphatic heterocycles. The molecule has 0 unspecified atom stereocenters. The largest absolute Gasteiger partial charge is 0.314 e. The topological polar surface area (TPSA) is 107 Å². The SMILES string of the molecule is CC(=O)Nc1[nH][nH]c(=O)c1NC(=O)c1ccc(C)cc1. The van der Waals surface area contributed by atoms with Crippen molar-refractivity contribution in [3.63, 3.8) is 0 Å². The lowest BCUT2D eigenvalue weighted by Gasteiger charge is -2.05. The van der Waals surface area contributed by atoms with E-state index in [2.05, 4.69) is 20.8 Å². The molecular formula is C13H14N4O3. The van der Waals surface area contributed by atoms with Crippen molar-refractivity contribution in [3.05, 3.63) is 45.7 Å². The maximum atomic E-state index is 12.0. The normalized spacial score (nSPS) is 10.1. The van der Waals surface area contributed by atoms with Crippen molar-refractivity contribution >= 4 is 23.3 Å². The fourth-order valence-electron chi connectivity index (χ4n) is 1.64. The maximum absolute atomic E-state index is 12.0. The highest BCUT2D eigenvalue weighted by Gasteiger charge is 2.15. The Labute approximate surface area is 114 Å². The Morgan fingerprint density at radius 1 is 1.05 bits per heavy atom. The maximum Gasteiger partial charge on any atom is 0.290 e. The number of benzene rings is 1. The minimum atomic E-state index is -0.519. The van der Waals surface area contributed by atoms with E-state index in [1.807, 2.05) is 6.92 Å². The van der Waals surface area contributed by atoms with Crippen LogP contribution >= 0.6 is 0 Å². The minimum absolute atomic E-state index is 0.0224. The summed E-state index contributed by atoms with van der Waals surface area (Å²) in [6.07, 6.45) is 0. The van der Waals surface area contributed by atoms with Gasteiger partial charge < -0.3 is 10.6 Å². The number of aromatic nitrogens is 2. The van der Waals surface area contributed by atoms with Gasteiger partial charge in [0.2, 0.25) is 5.91 Å². The predicted molar refractivity (Wildman–Crippen MR) is 74.8 cm³/mol. The average Bonchev–Trinajstić information content (AvgIpc) is 2.71. The van der Waals surface area contributed by atoms with Crippen LogP contribution in [0.2, 0.25) is 0 Å². The second-order valence-electron chi connectivity index (χ2n) is 4.33. The zero-order valence-electron chi connectivity index (χ0n) is 11.0. The van der Waals surface area contributed by atoms with Crippen molar-refractivity contribution < 1.29 is 9.59 Å². The van der Waals surface area contributed by atoms with E-state index in [9.17, 15) is 14.4 Å². The Morgan fingerprint density at radius 2 is 1.70 bits per heavy atom. The van der Waals surface area contributed by atoms with Crippen LogP contribution in [0.25, 0.3) is 0 Å². The van der Waals surface area contributed by atoms with Crippen LogP contribution in [-0.4, -0.2) is 22.0 Å². The van der Waals surface area contributed by atoms with Gasteiger partial charge in [-0.2, -0.15) is 0 Å². The highest BCUT2D eigenvalue weighted by atomic mass is 16.2. The molecule has 0 fully saturated rings. The Morgan fingerprint density at radius 3 is 2.30 bits per heavy atom. The molecule has 0 aliphatic carbocycles. The zero-order chi connectivity index (χ0) is 14.7. The molecule has 0 radical (unpaired) electrons. The monoisotopic (exact) mass is 274 g/mol. The Bertz CT molecular complexity index is 697. The molecule has 104 valence electrons. The average molecular weight is 274 g/mol. The molecule has 2 aromatic rings. The van der Waals surface area contributed by atoms with Crippen molar-refractivity contribution in [2.45, 2.75) is 13.8 Å². The predicted octanol–water partition coefficient (Wildman–Crippen LogP) is 1.22. The summed E-state index contributed by atoms with van der Waals surface area (Å²) in [4.78, 5) is 34.6. The zero-order valence-corrected chi connectivity index (χ0v) is 11.0. The van der Waals surface area contributed by atoms with Gasteiger partial charge in [0.1, 0.15) is 0 Å². The van der Waals surface area contributed by atoms with Gasteiger partial charge >= 0.3 is 0 Å². The van der Waals surface area contributed by atoms with Crippen LogP contribution in [0.3, 0.4) is 0 Å². The number of rotatable bonds is 3. The lowest BCUT2D eigenvalue weighted by atomic mass is 10.1. The van der Waals surface area contributed by atoms with Gasteiger partial charge in [-0.3, -0.25) is 24.6 Å². The molecular weight excluding hydrogens is 260 g/mol. The van der Waals surface area contributed by atoms with Gasteiger partial charge in [-0.1, -0.05) is 17.7 Å². The fraction of sp³-hybridized carbons (Fsp3) is 0.154. The van der Waals surface area contributed by atoms with Gasteiger partial charge in [-0.15, -0.1) is 0 Å². The van der Waals surface area contributed by atoms with Gasteiger partial charge in [-0.05, 0) is 19.1 Å². The molecule has 0 bridgehead atoms. The summed E-state index contributed by atoms with van der Waals surface area (Å²) in [5.41, 5.74) is 0.907. The summed E-state index contributed by atoms with van der Waals surface area (Å²) in [7, 11) is 0. The van der Waals surface area contributed by atoms with Gasteiger partial charge in [0.05, 0.1) is 0 Å². The smallest absolute Gasteiger partial charge is 0.290 e. The summed E-state index contributed by atoms with van der Waals surface area (Å²) in [6.45, 7) is 3.21. The molecule has 1 aromatic heterocycles. The molecule has 20 heavy (non-hydrogen) atoms. The molecule has 2 rings (SSSR count). The number of aromatic amines is 2. The molecule has 1 aromatic carbocycles. The first-order chi connectivity index (χ1) is 9.47. The fourth-order valence-corrected chi connectivity index (χ4v) is 1.64. The highest BCUT2D eigenvalue weighted by molar-refractivity contribution is 6.06. The van der Waals surface area contributed by atoms with E-state index in [0.29, 0.717) is 5.56 Å². The van der Waals surface area contributed by atoms with E-state index in [0.717, 1.165) is 5.56 Å². The first-order valence-corrected chi connectivity index (χ1v) is 5.93. The van der Waals surface area contributed by atoms with Crippen molar-refractivity contribution in [2.24, 2.45) is 0 Å². The van der Waals surface area contributed by atoms with Crippen LogP contribution in [0.4, 0.5) is 11.5 Å². The summed E-state index contributed by atoms with van der Waals surface area (Å²) in [6, 6.07) is 6.91. The first-order valence-electron chi connectivity index (χ1n) is 5.93. The first kappa shape index (κ1) is 13.6. The van der Waals surface area contributed by atoms with Gasteiger partial charge in [-0.25, -0.2) is 0 Å². The molecule has 1 heterocycles. The van der Waals surface area contributed by atoms with Gasteiger partial charge in [0.15, 0.2) is 11.5 Å². The van der Waals surface area contributed by atoms with E-state index in [-0.39, 0.29) is 17.4 Å². The minimum Gasteiger partial charge on any atom is -0.314 e. The third kappa shape index (κ3) is 2.94. The summed E-state index contributed by atoms with van der Waals surface area (Å²) >= 11 is 0. The molecule has 0 atom stereocenters. The number of H-pyrrole nitrogens is 2. The number of hydrogen-bond donors (Lipinski definition) is 4. The van der Waals surface area contributed by atoms with E-state index in [4.69, 9.17) is 0 Å². The molecule has 7 nitrogen and oxygen atoms in total. The van der Waals surface area contributed by atoms with Gasteiger partial charge in [0, 0.05) is 12.5 Å². The third-order valence-electron chi connectivity index (χ3n) is 2.63. The molecule has 4 N–H and O–H groups in total. The Hall–Kier alpha value is -2.83. The van der Waals surface area contributed by atoms with Crippen LogP contribution in [0, 0.1) is 6.92 Å². The van der Waals surface area contributed by atoms with Crippen LogP contribution in [0.1, 0.15) is 22.8 Å². The lowest BCUT2D eigenvalue weighted by Crippen LogP contribution is -2.18. The molecule has 0 saturated carbocycles. The number of amides is 2. The second kappa shape index (κ2) is 5.43. The summed E-state index contributed by atoms with van der Waals surface area (Å²) in [5.74, 6) is -0.657. The second-order valence-corrected chi connectivity index (χ2v) is 4.33. The summed E-state index contributed by atoms with van der Waals surface area (Å²) in [5, 5.41) is 9.68. The Kier molecular flexibility index (Phi) is 3.69. The van der Waals surface area contributed by atoms with Gasteiger partial charge in [0.25, 0.3) is 11.5 Å². The van der Waals surface area contributed by atoms with E-state index in [1.54, 1.807) is 24.3 Å². The van der Waals surface area contributed by atoms with Crippen molar-refractivity contribution in [3.8, 4) is 0 Å².